The van der Waals surface area contributed by atoms with Crippen LogP contribution in [0.5, 0.6) is 17.2 Å². The number of hydrogen-bond donors (Lipinski definition) is 1. The third-order valence-corrected chi connectivity index (χ3v) is 5.36. The van der Waals surface area contributed by atoms with Gasteiger partial charge in [0.2, 0.25) is 5.43 Å². The summed E-state index contributed by atoms with van der Waals surface area (Å²) in [5.41, 5.74) is 0.907. The standard InChI is InChI=1S/C23H24O7/c1-23(2)19(24)9-15-17(29-12-26-3)10-18-20(22(15)30-23)21(25)16(11-28-18)13-6-5-7-14(8-13)27-4/h5-8,10-11,19,24H,9,12H2,1-4H3. The summed E-state index contributed by atoms with van der Waals surface area (Å²) in [5, 5.41) is 10.9. The van der Waals surface area contributed by atoms with E-state index in [1.807, 2.05) is 12.1 Å². The number of hydrogen-bond acceptors (Lipinski definition) is 7. The molecule has 0 radical (unpaired) electrons. The molecule has 0 fully saturated rings. The Morgan fingerprint density at radius 3 is 2.77 bits per heavy atom. The fourth-order valence-corrected chi connectivity index (χ4v) is 3.59. The normalized spacial score (nSPS) is 17.3. The van der Waals surface area contributed by atoms with Gasteiger partial charge in [-0.3, -0.25) is 4.79 Å². The van der Waals surface area contributed by atoms with E-state index in [1.54, 1.807) is 39.2 Å². The molecule has 0 bridgehead atoms. The number of fused-ring (bicyclic) bond motifs is 3. The van der Waals surface area contributed by atoms with Gasteiger partial charge < -0.3 is 28.5 Å². The van der Waals surface area contributed by atoms with E-state index in [4.69, 9.17) is 23.4 Å². The molecule has 4 rings (SSSR count). The Labute approximate surface area is 173 Å². The Hall–Kier alpha value is -3.03. The molecule has 3 aromatic rings. The van der Waals surface area contributed by atoms with Crippen molar-refractivity contribution in [3.8, 4) is 28.4 Å². The Morgan fingerprint density at radius 1 is 1.23 bits per heavy atom. The predicted molar refractivity (Wildman–Crippen MR) is 111 cm³/mol. The molecule has 0 amide bonds. The van der Waals surface area contributed by atoms with Gasteiger partial charge in [-0.2, -0.15) is 0 Å². The maximum Gasteiger partial charge on any atom is 0.204 e. The van der Waals surface area contributed by atoms with Gasteiger partial charge in [-0.15, -0.1) is 0 Å². The number of aliphatic hydroxyl groups is 1. The second-order valence-corrected chi connectivity index (χ2v) is 7.74. The van der Waals surface area contributed by atoms with Gasteiger partial charge in [0.25, 0.3) is 0 Å². The van der Waals surface area contributed by atoms with Crippen molar-refractivity contribution in [2.75, 3.05) is 21.0 Å². The number of rotatable bonds is 5. The minimum Gasteiger partial charge on any atom is -0.497 e. The molecule has 0 saturated heterocycles. The zero-order valence-corrected chi connectivity index (χ0v) is 17.4. The zero-order valence-electron chi connectivity index (χ0n) is 17.4. The van der Waals surface area contributed by atoms with Gasteiger partial charge in [0, 0.05) is 25.2 Å². The van der Waals surface area contributed by atoms with Crippen LogP contribution in [0.4, 0.5) is 0 Å². The van der Waals surface area contributed by atoms with E-state index >= 15 is 0 Å². The van der Waals surface area contributed by atoms with Gasteiger partial charge in [0.05, 0.1) is 18.8 Å². The molecule has 0 saturated carbocycles. The van der Waals surface area contributed by atoms with Crippen molar-refractivity contribution in [1.29, 1.82) is 0 Å². The molecule has 158 valence electrons. The number of benzene rings is 2. The molecule has 1 aliphatic rings. The first-order chi connectivity index (χ1) is 14.4. The Kier molecular flexibility index (Phi) is 5.17. The maximum absolute atomic E-state index is 13.5. The molecule has 1 N–H and O–H groups in total. The van der Waals surface area contributed by atoms with Crippen LogP contribution in [0.1, 0.15) is 19.4 Å². The quantitative estimate of drug-likeness (QED) is 0.642. The van der Waals surface area contributed by atoms with Crippen LogP contribution in [0.2, 0.25) is 0 Å². The molecule has 1 unspecified atom stereocenters. The van der Waals surface area contributed by atoms with Gasteiger partial charge in [-0.25, -0.2) is 0 Å². The second-order valence-electron chi connectivity index (χ2n) is 7.74. The fourth-order valence-electron chi connectivity index (χ4n) is 3.59. The lowest BCUT2D eigenvalue weighted by molar-refractivity contribution is -0.0415. The highest BCUT2D eigenvalue weighted by atomic mass is 16.7. The molecule has 1 aliphatic heterocycles. The van der Waals surface area contributed by atoms with Crippen LogP contribution in [-0.2, 0) is 11.2 Å². The highest BCUT2D eigenvalue weighted by Gasteiger charge is 2.39. The van der Waals surface area contributed by atoms with Gasteiger partial charge in [-0.1, -0.05) is 12.1 Å². The lowest BCUT2D eigenvalue weighted by Gasteiger charge is -2.37. The monoisotopic (exact) mass is 412 g/mol. The molecule has 2 heterocycles. The van der Waals surface area contributed by atoms with E-state index in [9.17, 15) is 9.90 Å². The summed E-state index contributed by atoms with van der Waals surface area (Å²) in [6, 6.07) is 8.84. The number of methoxy groups -OCH3 is 2. The zero-order chi connectivity index (χ0) is 21.5. The Morgan fingerprint density at radius 2 is 2.03 bits per heavy atom. The van der Waals surface area contributed by atoms with Crippen molar-refractivity contribution < 1.29 is 28.5 Å². The third kappa shape index (κ3) is 3.40. The van der Waals surface area contributed by atoms with E-state index in [-0.39, 0.29) is 18.6 Å². The van der Waals surface area contributed by atoms with Gasteiger partial charge >= 0.3 is 0 Å². The molecular weight excluding hydrogens is 388 g/mol. The SMILES string of the molecule is COCOc1cc2occ(-c3cccc(OC)c3)c(=O)c2c2c1CC(O)C(C)(C)O2. The maximum atomic E-state index is 13.5. The summed E-state index contributed by atoms with van der Waals surface area (Å²) in [7, 11) is 3.09. The van der Waals surface area contributed by atoms with Crippen molar-refractivity contribution in [2.45, 2.75) is 32.0 Å². The average molecular weight is 412 g/mol. The van der Waals surface area contributed by atoms with Gasteiger partial charge in [-0.05, 0) is 31.5 Å². The fraction of sp³-hybridized carbons (Fsp3) is 0.348. The van der Waals surface area contributed by atoms with E-state index in [1.165, 1.54) is 13.4 Å². The van der Waals surface area contributed by atoms with Crippen LogP contribution in [-0.4, -0.2) is 37.8 Å². The molecule has 7 heteroatoms. The van der Waals surface area contributed by atoms with Crippen LogP contribution in [0.15, 0.2) is 45.8 Å². The predicted octanol–water partition coefficient (Wildman–Crippen LogP) is 3.53. The van der Waals surface area contributed by atoms with Crippen molar-refractivity contribution in [3.05, 3.63) is 52.4 Å². The van der Waals surface area contributed by atoms with Crippen LogP contribution >= 0.6 is 0 Å². The van der Waals surface area contributed by atoms with Crippen molar-refractivity contribution in [1.82, 2.24) is 0 Å². The summed E-state index contributed by atoms with van der Waals surface area (Å²) in [5.74, 6) is 1.46. The highest BCUT2D eigenvalue weighted by Crippen LogP contribution is 2.43. The minimum absolute atomic E-state index is 0.0174. The first kappa shape index (κ1) is 20.3. The van der Waals surface area contributed by atoms with Crippen LogP contribution in [0.25, 0.3) is 22.1 Å². The van der Waals surface area contributed by atoms with E-state index in [2.05, 4.69) is 0 Å². The first-order valence-corrected chi connectivity index (χ1v) is 9.60. The summed E-state index contributed by atoms with van der Waals surface area (Å²) in [4.78, 5) is 13.5. The molecule has 0 aliphatic carbocycles. The van der Waals surface area contributed by atoms with E-state index in [0.717, 1.165) is 0 Å². The van der Waals surface area contributed by atoms with Crippen molar-refractivity contribution >= 4 is 11.0 Å². The van der Waals surface area contributed by atoms with Crippen molar-refractivity contribution in [2.24, 2.45) is 0 Å². The first-order valence-electron chi connectivity index (χ1n) is 9.60. The van der Waals surface area contributed by atoms with E-state index < -0.39 is 11.7 Å². The highest BCUT2D eigenvalue weighted by molar-refractivity contribution is 5.90. The largest absolute Gasteiger partial charge is 0.497 e. The number of aliphatic hydroxyl groups excluding tert-OH is 1. The Balaban J connectivity index is 1.97. The molecule has 0 spiro atoms. The molecule has 2 aromatic carbocycles. The Bertz CT molecular complexity index is 1150. The molecule has 30 heavy (non-hydrogen) atoms. The van der Waals surface area contributed by atoms with E-state index in [0.29, 0.717) is 44.9 Å². The average Bonchev–Trinajstić information content (AvgIpc) is 2.73. The topological polar surface area (TPSA) is 87.4 Å². The van der Waals surface area contributed by atoms with Crippen LogP contribution < -0.4 is 19.6 Å². The number of ether oxygens (including phenoxy) is 4. The summed E-state index contributed by atoms with van der Waals surface area (Å²) < 4.78 is 27.9. The lowest BCUT2D eigenvalue weighted by Crippen LogP contribution is -2.46. The van der Waals surface area contributed by atoms with Gasteiger partial charge in [0.15, 0.2) is 6.79 Å². The van der Waals surface area contributed by atoms with Crippen LogP contribution in [0, 0.1) is 0 Å². The lowest BCUT2D eigenvalue weighted by atomic mass is 9.89. The molecule has 1 aromatic heterocycles. The van der Waals surface area contributed by atoms with Crippen molar-refractivity contribution in [3.63, 3.8) is 0 Å². The summed E-state index contributed by atoms with van der Waals surface area (Å²) >= 11 is 0. The molecule has 1 atom stereocenters. The summed E-state index contributed by atoms with van der Waals surface area (Å²) in [6.45, 7) is 3.58. The molecule has 7 nitrogen and oxygen atoms in total. The van der Waals surface area contributed by atoms with Gasteiger partial charge in [0.1, 0.15) is 40.1 Å². The smallest absolute Gasteiger partial charge is 0.204 e. The minimum atomic E-state index is -0.877. The summed E-state index contributed by atoms with van der Waals surface area (Å²) in [6.07, 6.45) is 0.940. The molecular formula is C23H24O7. The second kappa shape index (κ2) is 7.66. The van der Waals surface area contributed by atoms with Crippen LogP contribution in [0.3, 0.4) is 0 Å². The third-order valence-electron chi connectivity index (χ3n) is 5.36.